The monoisotopic (exact) mass is 315 g/mol. The summed E-state index contributed by atoms with van der Waals surface area (Å²) in [6.45, 7) is 3.84. The predicted molar refractivity (Wildman–Crippen MR) is 87.2 cm³/mol. The van der Waals surface area contributed by atoms with Gasteiger partial charge in [-0.2, -0.15) is 5.10 Å². The van der Waals surface area contributed by atoms with Gasteiger partial charge >= 0.3 is 0 Å². The molecule has 7 nitrogen and oxygen atoms in total. The van der Waals surface area contributed by atoms with Gasteiger partial charge in [-0.3, -0.25) is 9.69 Å². The van der Waals surface area contributed by atoms with Gasteiger partial charge in [-0.1, -0.05) is 0 Å². The second-order valence-corrected chi connectivity index (χ2v) is 5.70. The standard InChI is InChI=1S/C16H21N5O2/c1-20-6-4-13(9-16(20)22)11-21-7-8-23-14(12-21)10-17-15-3-2-5-18-19-15/h2-6,9,14H,7-8,10-12H2,1H3,(H,17,19)/t14-/m1/s1. The average molecular weight is 315 g/mol. The van der Waals surface area contributed by atoms with Gasteiger partial charge in [0.15, 0.2) is 0 Å². The Hall–Kier alpha value is -2.25. The van der Waals surface area contributed by atoms with E-state index in [1.807, 2.05) is 24.4 Å². The number of nitrogens with zero attached hydrogens (tertiary/aromatic N) is 4. The zero-order valence-corrected chi connectivity index (χ0v) is 13.2. The van der Waals surface area contributed by atoms with Gasteiger partial charge in [0, 0.05) is 51.7 Å². The summed E-state index contributed by atoms with van der Waals surface area (Å²) in [5.74, 6) is 0.750. The van der Waals surface area contributed by atoms with Crippen LogP contribution in [-0.2, 0) is 18.3 Å². The number of pyridine rings is 1. The quantitative estimate of drug-likeness (QED) is 0.866. The summed E-state index contributed by atoms with van der Waals surface area (Å²) in [5.41, 5.74) is 1.06. The molecule has 0 amide bonds. The molecule has 0 bridgehead atoms. The van der Waals surface area contributed by atoms with Crippen molar-refractivity contribution in [3.8, 4) is 0 Å². The molecule has 3 rings (SSSR count). The van der Waals surface area contributed by atoms with E-state index in [2.05, 4.69) is 20.4 Å². The molecule has 23 heavy (non-hydrogen) atoms. The lowest BCUT2D eigenvalue weighted by Crippen LogP contribution is -2.45. The molecule has 0 unspecified atom stereocenters. The first kappa shape index (κ1) is 15.6. The minimum atomic E-state index is 0.0247. The van der Waals surface area contributed by atoms with Crippen LogP contribution in [0.25, 0.3) is 0 Å². The van der Waals surface area contributed by atoms with E-state index in [1.165, 1.54) is 0 Å². The number of ether oxygens (including phenoxy) is 1. The third kappa shape index (κ3) is 4.37. The molecular weight excluding hydrogens is 294 g/mol. The van der Waals surface area contributed by atoms with Crippen LogP contribution in [0.1, 0.15) is 5.56 Å². The average Bonchev–Trinajstić information content (AvgIpc) is 2.58. The number of hydrogen-bond acceptors (Lipinski definition) is 6. The summed E-state index contributed by atoms with van der Waals surface area (Å²) < 4.78 is 7.37. The van der Waals surface area contributed by atoms with Crippen LogP contribution in [0.5, 0.6) is 0 Å². The smallest absolute Gasteiger partial charge is 0.250 e. The Morgan fingerprint density at radius 1 is 1.43 bits per heavy atom. The van der Waals surface area contributed by atoms with Crippen LogP contribution < -0.4 is 10.9 Å². The zero-order chi connectivity index (χ0) is 16.1. The van der Waals surface area contributed by atoms with Crippen LogP contribution in [0.3, 0.4) is 0 Å². The fraction of sp³-hybridized carbons (Fsp3) is 0.438. The number of anilines is 1. The summed E-state index contributed by atoms with van der Waals surface area (Å²) in [6.07, 6.45) is 3.55. The van der Waals surface area contributed by atoms with E-state index in [0.717, 1.165) is 31.0 Å². The molecule has 0 radical (unpaired) electrons. The summed E-state index contributed by atoms with van der Waals surface area (Å²) >= 11 is 0. The van der Waals surface area contributed by atoms with Crippen molar-refractivity contribution < 1.29 is 4.74 Å². The number of hydrogen-bond donors (Lipinski definition) is 1. The number of nitrogens with one attached hydrogen (secondary N) is 1. The maximum Gasteiger partial charge on any atom is 0.250 e. The molecule has 1 N–H and O–H groups in total. The molecule has 1 saturated heterocycles. The highest BCUT2D eigenvalue weighted by atomic mass is 16.5. The third-order valence-electron chi connectivity index (χ3n) is 3.88. The van der Waals surface area contributed by atoms with Crippen LogP contribution in [0.2, 0.25) is 0 Å². The summed E-state index contributed by atoms with van der Waals surface area (Å²) in [4.78, 5) is 14.0. The fourth-order valence-electron chi connectivity index (χ4n) is 2.61. The Morgan fingerprint density at radius 3 is 3.13 bits per heavy atom. The van der Waals surface area contributed by atoms with Crippen molar-refractivity contribution in [1.82, 2.24) is 19.7 Å². The van der Waals surface area contributed by atoms with E-state index in [1.54, 1.807) is 23.9 Å². The lowest BCUT2D eigenvalue weighted by molar-refractivity contribution is -0.0241. The lowest BCUT2D eigenvalue weighted by atomic mass is 10.2. The summed E-state index contributed by atoms with van der Waals surface area (Å²) in [5, 5.41) is 11.1. The molecular formula is C16H21N5O2. The Bertz CT molecular complexity index is 688. The number of aryl methyl sites for hydroxylation is 1. The predicted octanol–water partition coefficient (Wildman–Crippen LogP) is 0.488. The highest BCUT2D eigenvalue weighted by molar-refractivity contribution is 5.31. The van der Waals surface area contributed by atoms with Crippen molar-refractivity contribution in [2.24, 2.45) is 7.05 Å². The highest BCUT2D eigenvalue weighted by Gasteiger charge is 2.20. The molecule has 0 saturated carbocycles. The van der Waals surface area contributed by atoms with Crippen molar-refractivity contribution in [3.63, 3.8) is 0 Å². The Morgan fingerprint density at radius 2 is 2.35 bits per heavy atom. The molecule has 1 atom stereocenters. The van der Waals surface area contributed by atoms with Gasteiger partial charge in [0.2, 0.25) is 0 Å². The van der Waals surface area contributed by atoms with E-state index in [4.69, 9.17) is 4.74 Å². The SMILES string of the molecule is Cn1ccc(CN2CCO[C@H](CNc3cccnn3)C2)cc1=O. The highest BCUT2D eigenvalue weighted by Crippen LogP contribution is 2.10. The third-order valence-corrected chi connectivity index (χ3v) is 3.88. The number of rotatable bonds is 5. The molecule has 0 spiro atoms. The van der Waals surface area contributed by atoms with E-state index in [0.29, 0.717) is 13.2 Å². The Kier molecular flexibility index (Phi) is 4.99. The van der Waals surface area contributed by atoms with Crippen molar-refractivity contribution in [2.75, 3.05) is 31.6 Å². The Balaban J connectivity index is 1.53. The van der Waals surface area contributed by atoms with E-state index < -0.39 is 0 Å². The molecule has 7 heteroatoms. The fourth-order valence-corrected chi connectivity index (χ4v) is 2.61. The molecule has 3 heterocycles. The van der Waals surface area contributed by atoms with E-state index >= 15 is 0 Å². The maximum atomic E-state index is 11.7. The first-order valence-electron chi connectivity index (χ1n) is 7.72. The van der Waals surface area contributed by atoms with Crippen molar-refractivity contribution in [1.29, 1.82) is 0 Å². The van der Waals surface area contributed by atoms with Gasteiger partial charge in [0.25, 0.3) is 5.56 Å². The molecule has 1 aliphatic rings. The maximum absolute atomic E-state index is 11.7. The minimum Gasteiger partial charge on any atom is -0.374 e. The van der Waals surface area contributed by atoms with Crippen LogP contribution in [0.4, 0.5) is 5.82 Å². The molecule has 1 aliphatic heterocycles. The Labute approximate surface area is 134 Å². The molecule has 2 aromatic heterocycles. The second kappa shape index (κ2) is 7.34. The largest absolute Gasteiger partial charge is 0.374 e. The van der Waals surface area contributed by atoms with E-state index in [-0.39, 0.29) is 11.7 Å². The number of morpholine rings is 1. The van der Waals surface area contributed by atoms with Gasteiger partial charge in [0.05, 0.1) is 12.7 Å². The van der Waals surface area contributed by atoms with Crippen LogP contribution in [0.15, 0.2) is 41.5 Å². The topological polar surface area (TPSA) is 72.3 Å². The van der Waals surface area contributed by atoms with Gasteiger partial charge in [-0.15, -0.1) is 5.10 Å². The minimum absolute atomic E-state index is 0.0247. The van der Waals surface area contributed by atoms with Crippen LogP contribution in [-0.4, -0.2) is 52.0 Å². The second-order valence-electron chi connectivity index (χ2n) is 5.70. The van der Waals surface area contributed by atoms with Gasteiger partial charge in [-0.25, -0.2) is 0 Å². The number of aromatic nitrogens is 3. The summed E-state index contributed by atoms with van der Waals surface area (Å²) in [7, 11) is 1.76. The van der Waals surface area contributed by atoms with Crippen molar-refractivity contribution in [2.45, 2.75) is 12.6 Å². The first-order chi connectivity index (χ1) is 11.2. The van der Waals surface area contributed by atoms with Gasteiger partial charge < -0.3 is 14.6 Å². The van der Waals surface area contributed by atoms with Crippen molar-refractivity contribution in [3.05, 3.63) is 52.6 Å². The zero-order valence-electron chi connectivity index (χ0n) is 13.2. The molecule has 122 valence electrons. The molecule has 0 aliphatic carbocycles. The lowest BCUT2D eigenvalue weighted by Gasteiger charge is -2.33. The molecule has 1 fully saturated rings. The van der Waals surface area contributed by atoms with E-state index in [9.17, 15) is 4.79 Å². The molecule has 2 aromatic rings. The van der Waals surface area contributed by atoms with Crippen LogP contribution >= 0.6 is 0 Å². The van der Waals surface area contributed by atoms with Gasteiger partial charge in [0.1, 0.15) is 5.82 Å². The normalized spacial score (nSPS) is 18.7. The van der Waals surface area contributed by atoms with Crippen molar-refractivity contribution >= 4 is 5.82 Å². The molecule has 0 aromatic carbocycles. The summed E-state index contributed by atoms with van der Waals surface area (Å²) in [6, 6.07) is 7.42. The van der Waals surface area contributed by atoms with Gasteiger partial charge in [-0.05, 0) is 23.8 Å². The van der Waals surface area contributed by atoms with Crippen LogP contribution in [0, 0.1) is 0 Å². The first-order valence-corrected chi connectivity index (χ1v) is 7.72.